The number of carbonyl (C=O) groups excluding carboxylic acids is 1. The average Bonchev–Trinajstić information content (AvgIpc) is 3.13. The summed E-state index contributed by atoms with van der Waals surface area (Å²) in [6, 6.07) is 7.77. The molecule has 2 aromatic heterocycles. The molecule has 1 unspecified atom stereocenters. The number of nitrogens with one attached hydrogen (secondary N) is 1. The predicted octanol–water partition coefficient (Wildman–Crippen LogP) is 2.20. The van der Waals surface area contributed by atoms with Gasteiger partial charge in [-0.05, 0) is 31.4 Å². The minimum Gasteiger partial charge on any atom is -0.347 e. The fourth-order valence-corrected chi connectivity index (χ4v) is 4.22. The molecule has 1 aliphatic heterocycles. The number of carbonyl (C=O) groups is 1. The van der Waals surface area contributed by atoms with E-state index in [1.165, 1.54) is 11.3 Å². The number of aryl methyl sites for hydroxylation is 2. The van der Waals surface area contributed by atoms with Crippen molar-refractivity contribution in [2.24, 2.45) is 0 Å². The summed E-state index contributed by atoms with van der Waals surface area (Å²) in [5, 5.41) is 8.01. The van der Waals surface area contributed by atoms with Crippen molar-refractivity contribution < 1.29 is 4.79 Å². The molecular formula is C18H21N5O2S. The fraction of sp³-hybridized carbons (Fsp3) is 0.444. The number of para-hydroxylation sites is 1. The maximum Gasteiger partial charge on any atom is 0.345 e. The highest BCUT2D eigenvalue weighted by atomic mass is 32.1. The number of hydrogen-bond acceptors (Lipinski definition) is 5. The summed E-state index contributed by atoms with van der Waals surface area (Å²) in [5.41, 5.74) is 0.806. The smallest absolute Gasteiger partial charge is 0.345 e. The number of aromatic nitrogens is 4. The number of thiazole rings is 1. The van der Waals surface area contributed by atoms with E-state index in [0.29, 0.717) is 24.5 Å². The maximum absolute atomic E-state index is 12.6. The molecule has 0 spiro atoms. The Kier molecular flexibility index (Phi) is 4.58. The molecule has 1 atom stereocenters. The summed E-state index contributed by atoms with van der Waals surface area (Å²) in [5.74, 6) is 0.680. The topological polar surface area (TPSA) is 81.8 Å². The SMILES string of the molecule is CCCn1nc2n(c1=O)CCC(NC(=O)c1nc3ccccc3s1)CC2. The molecular weight excluding hydrogens is 350 g/mol. The van der Waals surface area contributed by atoms with Crippen LogP contribution in [0, 0.1) is 0 Å². The standard InChI is InChI=1S/C18H21N5O2S/c1-2-10-23-18(25)22-11-9-12(7-8-15(22)21-23)19-16(24)17-20-13-5-3-4-6-14(13)26-17/h3-6,12H,2,7-11H2,1H3,(H,19,24). The van der Waals surface area contributed by atoms with Crippen molar-refractivity contribution in [2.45, 2.75) is 51.7 Å². The fourth-order valence-electron chi connectivity index (χ4n) is 3.35. The van der Waals surface area contributed by atoms with E-state index in [1.807, 2.05) is 31.2 Å². The first kappa shape index (κ1) is 17.0. The van der Waals surface area contributed by atoms with Gasteiger partial charge in [0.2, 0.25) is 0 Å². The van der Waals surface area contributed by atoms with Crippen LogP contribution >= 0.6 is 11.3 Å². The van der Waals surface area contributed by atoms with Gasteiger partial charge in [-0.3, -0.25) is 9.36 Å². The quantitative estimate of drug-likeness (QED) is 0.762. The lowest BCUT2D eigenvalue weighted by molar-refractivity contribution is 0.0932. The van der Waals surface area contributed by atoms with Crippen LogP contribution < -0.4 is 11.0 Å². The molecule has 8 heteroatoms. The van der Waals surface area contributed by atoms with E-state index in [9.17, 15) is 9.59 Å². The summed E-state index contributed by atoms with van der Waals surface area (Å²) >= 11 is 1.40. The molecule has 0 bridgehead atoms. The first-order valence-electron chi connectivity index (χ1n) is 8.98. The van der Waals surface area contributed by atoms with Gasteiger partial charge in [0.15, 0.2) is 5.01 Å². The van der Waals surface area contributed by atoms with Crippen molar-refractivity contribution in [1.82, 2.24) is 24.6 Å². The molecule has 136 valence electrons. The molecule has 0 fully saturated rings. The number of fused-ring (bicyclic) bond motifs is 2. The van der Waals surface area contributed by atoms with E-state index >= 15 is 0 Å². The van der Waals surface area contributed by atoms with Crippen molar-refractivity contribution in [2.75, 3.05) is 0 Å². The molecule has 4 rings (SSSR count). The Hall–Kier alpha value is -2.48. The van der Waals surface area contributed by atoms with Crippen molar-refractivity contribution in [1.29, 1.82) is 0 Å². The number of rotatable bonds is 4. The molecule has 1 aliphatic rings. The lowest BCUT2D eigenvalue weighted by Gasteiger charge is -2.14. The van der Waals surface area contributed by atoms with E-state index in [1.54, 1.807) is 9.25 Å². The Labute approximate surface area is 154 Å². The van der Waals surface area contributed by atoms with Crippen LogP contribution in [0.5, 0.6) is 0 Å². The summed E-state index contributed by atoms with van der Waals surface area (Å²) in [7, 11) is 0. The second kappa shape index (κ2) is 7.03. The second-order valence-corrected chi connectivity index (χ2v) is 7.59. The third kappa shape index (κ3) is 3.16. The van der Waals surface area contributed by atoms with E-state index in [-0.39, 0.29) is 17.6 Å². The molecule has 1 N–H and O–H groups in total. The molecule has 1 aromatic carbocycles. The van der Waals surface area contributed by atoms with Gasteiger partial charge in [0.05, 0.1) is 10.2 Å². The summed E-state index contributed by atoms with van der Waals surface area (Å²) in [6.45, 7) is 3.27. The van der Waals surface area contributed by atoms with Crippen molar-refractivity contribution in [3.05, 3.63) is 45.6 Å². The summed E-state index contributed by atoms with van der Waals surface area (Å²) in [6.07, 6.45) is 3.08. The number of nitrogens with zero attached hydrogens (tertiary/aromatic N) is 4. The Balaban J connectivity index is 1.45. The molecule has 1 amide bonds. The highest BCUT2D eigenvalue weighted by Gasteiger charge is 2.23. The van der Waals surface area contributed by atoms with Gasteiger partial charge < -0.3 is 5.32 Å². The zero-order valence-electron chi connectivity index (χ0n) is 14.6. The van der Waals surface area contributed by atoms with Crippen LogP contribution in [-0.4, -0.2) is 31.3 Å². The predicted molar refractivity (Wildman–Crippen MR) is 101 cm³/mol. The Morgan fingerprint density at radius 2 is 2.19 bits per heavy atom. The van der Waals surface area contributed by atoms with Crippen LogP contribution in [0.1, 0.15) is 41.8 Å². The lowest BCUT2D eigenvalue weighted by Crippen LogP contribution is -2.35. The molecule has 7 nitrogen and oxygen atoms in total. The van der Waals surface area contributed by atoms with Crippen LogP contribution in [0.25, 0.3) is 10.2 Å². The summed E-state index contributed by atoms with van der Waals surface area (Å²) in [4.78, 5) is 29.3. The van der Waals surface area contributed by atoms with Gasteiger partial charge in [0.1, 0.15) is 5.82 Å². The van der Waals surface area contributed by atoms with E-state index in [0.717, 1.165) is 35.3 Å². The Morgan fingerprint density at radius 3 is 3.00 bits per heavy atom. The van der Waals surface area contributed by atoms with E-state index < -0.39 is 0 Å². The molecule has 0 saturated carbocycles. The van der Waals surface area contributed by atoms with Gasteiger partial charge in [-0.25, -0.2) is 14.5 Å². The third-order valence-corrected chi connectivity index (χ3v) is 5.71. The van der Waals surface area contributed by atoms with Crippen molar-refractivity contribution in [3.8, 4) is 0 Å². The molecule has 0 radical (unpaired) electrons. The number of benzene rings is 1. The van der Waals surface area contributed by atoms with Crippen molar-refractivity contribution in [3.63, 3.8) is 0 Å². The highest BCUT2D eigenvalue weighted by molar-refractivity contribution is 7.20. The molecule has 26 heavy (non-hydrogen) atoms. The Morgan fingerprint density at radius 1 is 1.35 bits per heavy atom. The number of hydrogen-bond donors (Lipinski definition) is 1. The highest BCUT2D eigenvalue weighted by Crippen LogP contribution is 2.22. The van der Waals surface area contributed by atoms with E-state index in [2.05, 4.69) is 15.4 Å². The monoisotopic (exact) mass is 371 g/mol. The van der Waals surface area contributed by atoms with Crippen LogP contribution in [-0.2, 0) is 19.5 Å². The van der Waals surface area contributed by atoms with Crippen LogP contribution in [0.3, 0.4) is 0 Å². The lowest BCUT2D eigenvalue weighted by atomic mass is 10.1. The normalized spacial score (nSPS) is 17.0. The Bertz CT molecular complexity index is 970. The van der Waals surface area contributed by atoms with Crippen LogP contribution in [0.15, 0.2) is 29.1 Å². The average molecular weight is 371 g/mol. The van der Waals surface area contributed by atoms with Crippen molar-refractivity contribution >= 4 is 27.5 Å². The molecule has 0 saturated heterocycles. The zero-order chi connectivity index (χ0) is 18.1. The third-order valence-electron chi connectivity index (χ3n) is 4.68. The van der Waals surface area contributed by atoms with E-state index in [4.69, 9.17) is 0 Å². The zero-order valence-corrected chi connectivity index (χ0v) is 15.5. The molecule has 3 aromatic rings. The van der Waals surface area contributed by atoms with Gasteiger partial charge in [0, 0.05) is 25.6 Å². The van der Waals surface area contributed by atoms with Gasteiger partial charge in [-0.15, -0.1) is 11.3 Å². The first-order valence-corrected chi connectivity index (χ1v) is 9.80. The minimum absolute atomic E-state index is 0.0234. The van der Waals surface area contributed by atoms with Gasteiger partial charge >= 0.3 is 5.69 Å². The molecule has 0 aliphatic carbocycles. The van der Waals surface area contributed by atoms with Gasteiger partial charge in [0.25, 0.3) is 5.91 Å². The molecule has 3 heterocycles. The van der Waals surface area contributed by atoms with Gasteiger partial charge in [-0.1, -0.05) is 19.1 Å². The second-order valence-electron chi connectivity index (χ2n) is 6.56. The number of amides is 1. The van der Waals surface area contributed by atoms with Gasteiger partial charge in [-0.2, -0.15) is 5.10 Å². The summed E-state index contributed by atoms with van der Waals surface area (Å²) < 4.78 is 4.31. The van der Waals surface area contributed by atoms with Crippen LogP contribution in [0.2, 0.25) is 0 Å². The maximum atomic E-state index is 12.6. The minimum atomic E-state index is -0.140. The van der Waals surface area contributed by atoms with Crippen LogP contribution in [0.4, 0.5) is 0 Å². The largest absolute Gasteiger partial charge is 0.347 e. The first-order chi connectivity index (χ1) is 12.7.